The fourth-order valence-electron chi connectivity index (χ4n) is 2.84. The monoisotopic (exact) mass is 384 g/mol. The zero-order valence-electron chi connectivity index (χ0n) is 14.4. The number of carbonyl (C=O) groups excluding carboxylic acids is 1. The van der Waals surface area contributed by atoms with Crippen LogP contribution in [0, 0.1) is 6.92 Å². The van der Waals surface area contributed by atoms with E-state index < -0.39 is 17.6 Å². The number of hydrogen-bond donors (Lipinski definition) is 1. The number of piperazine rings is 1. The van der Waals surface area contributed by atoms with Gasteiger partial charge in [-0.3, -0.25) is 4.79 Å². The minimum Gasteiger partial charge on any atom is -0.369 e. The number of hydrogen-bond acceptors (Lipinski definition) is 5. The smallest absolute Gasteiger partial charge is 0.369 e. The molecule has 0 bridgehead atoms. The number of benzene rings is 1. The lowest BCUT2D eigenvalue weighted by Crippen LogP contribution is -2.44. The third-order valence-electron chi connectivity index (χ3n) is 4.38. The molecule has 0 aliphatic carbocycles. The van der Waals surface area contributed by atoms with Gasteiger partial charge in [-0.2, -0.15) is 13.2 Å². The van der Waals surface area contributed by atoms with Crippen molar-refractivity contribution in [1.82, 2.24) is 9.88 Å². The van der Waals surface area contributed by atoms with Crippen LogP contribution in [0.5, 0.6) is 0 Å². The van der Waals surface area contributed by atoms with Crippen LogP contribution in [0.15, 0.2) is 23.7 Å². The van der Waals surface area contributed by atoms with Crippen LogP contribution in [0.1, 0.15) is 20.9 Å². The van der Waals surface area contributed by atoms with Crippen molar-refractivity contribution in [3.63, 3.8) is 0 Å². The summed E-state index contributed by atoms with van der Waals surface area (Å²) in [6, 6.07) is 4.06. The lowest BCUT2D eigenvalue weighted by atomic mass is 10.1. The Morgan fingerprint density at radius 3 is 2.50 bits per heavy atom. The summed E-state index contributed by atoms with van der Waals surface area (Å²) >= 11 is 1.10. The summed E-state index contributed by atoms with van der Waals surface area (Å²) in [5.41, 5.74) is 1.41. The Morgan fingerprint density at radius 1 is 1.23 bits per heavy atom. The maximum Gasteiger partial charge on any atom is 0.418 e. The zero-order valence-corrected chi connectivity index (χ0v) is 15.2. The third kappa shape index (κ3) is 3.99. The minimum absolute atomic E-state index is 0.242. The first-order valence-electron chi connectivity index (χ1n) is 8.12. The van der Waals surface area contributed by atoms with Gasteiger partial charge in [0.2, 0.25) is 0 Å². The Balaban J connectivity index is 1.88. The van der Waals surface area contributed by atoms with E-state index >= 15 is 0 Å². The maximum absolute atomic E-state index is 13.5. The molecule has 9 heteroatoms. The average Bonchev–Trinajstić information content (AvgIpc) is 3.01. The van der Waals surface area contributed by atoms with Crippen LogP contribution >= 0.6 is 11.3 Å². The van der Waals surface area contributed by atoms with Gasteiger partial charge in [0.15, 0.2) is 0 Å². The van der Waals surface area contributed by atoms with Gasteiger partial charge in [-0.1, -0.05) is 0 Å². The van der Waals surface area contributed by atoms with E-state index in [9.17, 15) is 18.0 Å². The van der Waals surface area contributed by atoms with Gasteiger partial charge in [-0.05, 0) is 32.2 Å². The normalized spacial score (nSPS) is 16.0. The lowest BCUT2D eigenvalue weighted by molar-refractivity contribution is -0.136. The van der Waals surface area contributed by atoms with Gasteiger partial charge in [-0.15, -0.1) is 11.3 Å². The van der Waals surface area contributed by atoms with Crippen LogP contribution in [0.2, 0.25) is 0 Å². The van der Waals surface area contributed by atoms with Gasteiger partial charge in [0.25, 0.3) is 5.91 Å². The molecule has 3 rings (SSSR count). The molecule has 0 unspecified atom stereocenters. The molecule has 140 valence electrons. The number of nitrogens with zero attached hydrogens (tertiary/aromatic N) is 3. The molecule has 1 aromatic heterocycles. The fourth-order valence-corrected chi connectivity index (χ4v) is 3.53. The summed E-state index contributed by atoms with van der Waals surface area (Å²) in [6.07, 6.45) is -4.56. The number of aryl methyl sites for hydroxylation is 1. The van der Waals surface area contributed by atoms with Crippen molar-refractivity contribution in [2.45, 2.75) is 13.1 Å². The van der Waals surface area contributed by atoms with E-state index in [4.69, 9.17) is 0 Å². The van der Waals surface area contributed by atoms with Crippen molar-refractivity contribution < 1.29 is 18.0 Å². The molecule has 1 aliphatic heterocycles. The number of anilines is 2. The number of nitrogens with one attached hydrogen (secondary N) is 1. The Labute approximate surface area is 153 Å². The second-order valence-electron chi connectivity index (χ2n) is 6.24. The summed E-state index contributed by atoms with van der Waals surface area (Å²) < 4.78 is 40.6. The van der Waals surface area contributed by atoms with Crippen molar-refractivity contribution in [3.8, 4) is 0 Å². The van der Waals surface area contributed by atoms with Crippen LogP contribution in [0.3, 0.4) is 0 Å². The molecule has 0 saturated carbocycles. The van der Waals surface area contributed by atoms with Crippen molar-refractivity contribution >= 4 is 28.6 Å². The van der Waals surface area contributed by atoms with Crippen molar-refractivity contribution in [2.24, 2.45) is 0 Å². The summed E-state index contributed by atoms with van der Waals surface area (Å²) in [7, 11) is 1.98. The van der Waals surface area contributed by atoms with Crippen LogP contribution in [0.4, 0.5) is 24.5 Å². The van der Waals surface area contributed by atoms with E-state index in [-0.39, 0.29) is 5.69 Å². The quantitative estimate of drug-likeness (QED) is 0.880. The van der Waals surface area contributed by atoms with E-state index in [0.717, 1.165) is 30.5 Å². The van der Waals surface area contributed by atoms with Crippen LogP contribution < -0.4 is 10.2 Å². The van der Waals surface area contributed by atoms with Gasteiger partial charge in [-0.25, -0.2) is 4.98 Å². The first-order chi connectivity index (χ1) is 12.3. The molecule has 0 spiro atoms. The average molecular weight is 384 g/mol. The van der Waals surface area contributed by atoms with Gasteiger partial charge < -0.3 is 15.1 Å². The summed E-state index contributed by atoms with van der Waals surface area (Å²) in [5, 5.41) is 2.38. The van der Waals surface area contributed by atoms with Gasteiger partial charge >= 0.3 is 6.18 Å². The molecule has 0 atom stereocenters. The minimum atomic E-state index is -4.56. The molecule has 1 aliphatic rings. The molecule has 2 heterocycles. The van der Waals surface area contributed by atoms with Crippen molar-refractivity contribution in [1.29, 1.82) is 0 Å². The SMILES string of the molecule is Cc1ncsc1C(=O)Nc1ccc(N2CCN(C)CC2)cc1C(F)(F)F. The van der Waals surface area contributed by atoms with Crippen LogP contribution in [-0.4, -0.2) is 49.0 Å². The first kappa shape index (κ1) is 18.7. The largest absolute Gasteiger partial charge is 0.418 e. The van der Waals surface area contributed by atoms with Crippen molar-refractivity contribution in [3.05, 3.63) is 39.8 Å². The van der Waals surface area contributed by atoms with E-state index in [0.29, 0.717) is 29.3 Å². The van der Waals surface area contributed by atoms with Crippen LogP contribution in [-0.2, 0) is 6.18 Å². The molecular formula is C17H19F3N4OS. The number of alkyl halides is 3. The fraction of sp³-hybridized carbons (Fsp3) is 0.412. The molecule has 1 amide bonds. The van der Waals surface area contributed by atoms with Crippen LogP contribution in [0.25, 0.3) is 0 Å². The Morgan fingerprint density at radius 2 is 1.92 bits per heavy atom. The maximum atomic E-state index is 13.5. The summed E-state index contributed by atoms with van der Waals surface area (Å²) in [5.74, 6) is -0.581. The van der Waals surface area contributed by atoms with Gasteiger partial charge in [0.05, 0.1) is 22.5 Å². The highest BCUT2D eigenvalue weighted by Crippen LogP contribution is 2.38. The topological polar surface area (TPSA) is 48.5 Å². The van der Waals surface area contributed by atoms with E-state index in [1.165, 1.54) is 11.6 Å². The van der Waals surface area contributed by atoms with Gasteiger partial charge in [0.1, 0.15) is 4.88 Å². The highest BCUT2D eigenvalue weighted by Gasteiger charge is 2.35. The Hall–Kier alpha value is -2.13. The molecule has 5 nitrogen and oxygen atoms in total. The third-order valence-corrected chi connectivity index (χ3v) is 5.30. The standard InChI is InChI=1S/C17H19F3N4OS/c1-11-15(26-10-21-11)16(25)22-14-4-3-12(9-13(14)17(18,19)20)24-7-5-23(2)6-8-24/h3-4,9-10H,5-8H2,1-2H3,(H,22,25). The number of thiazole rings is 1. The van der Waals surface area contributed by atoms with Crippen molar-refractivity contribution in [2.75, 3.05) is 43.4 Å². The summed E-state index contributed by atoms with van der Waals surface area (Å²) in [4.78, 5) is 20.6. The molecule has 1 fully saturated rings. The van der Waals surface area contributed by atoms with E-state index in [2.05, 4.69) is 15.2 Å². The highest BCUT2D eigenvalue weighted by atomic mass is 32.1. The molecule has 0 radical (unpaired) electrons. The first-order valence-corrected chi connectivity index (χ1v) is 9.00. The molecular weight excluding hydrogens is 365 g/mol. The second-order valence-corrected chi connectivity index (χ2v) is 7.09. The molecule has 2 aromatic rings. The highest BCUT2D eigenvalue weighted by molar-refractivity contribution is 7.12. The number of amides is 1. The molecule has 1 saturated heterocycles. The molecule has 1 N–H and O–H groups in total. The Kier molecular flexibility index (Phi) is 5.19. The zero-order chi connectivity index (χ0) is 18.9. The number of rotatable bonds is 3. The lowest BCUT2D eigenvalue weighted by Gasteiger charge is -2.34. The number of aromatic nitrogens is 1. The predicted octanol–water partition coefficient (Wildman–Crippen LogP) is 3.47. The van der Waals surface area contributed by atoms with Gasteiger partial charge in [0, 0.05) is 31.9 Å². The molecule has 26 heavy (non-hydrogen) atoms. The molecule has 1 aromatic carbocycles. The number of likely N-dealkylation sites (N-methyl/N-ethyl adjacent to an activating group) is 1. The summed E-state index contributed by atoms with van der Waals surface area (Å²) in [6.45, 7) is 4.57. The number of carbonyl (C=O) groups is 1. The predicted molar refractivity (Wildman–Crippen MR) is 96.0 cm³/mol. The number of halogens is 3. The Bertz CT molecular complexity index is 798. The second kappa shape index (κ2) is 7.24. The van der Waals surface area contributed by atoms with E-state index in [1.54, 1.807) is 13.0 Å². The van der Waals surface area contributed by atoms with E-state index in [1.807, 2.05) is 11.9 Å².